The van der Waals surface area contributed by atoms with Gasteiger partial charge < -0.3 is 10.0 Å². The number of hydrogen-bond donors (Lipinski definition) is 1. The van der Waals surface area contributed by atoms with Gasteiger partial charge in [-0.15, -0.1) is 11.3 Å². The number of nitrogens with zero attached hydrogens (tertiary/aromatic N) is 1. The van der Waals surface area contributed by atoms with E-state index in [4.69, 9.17) is 5.11 Å². The van der Waals surface area contributed by atoms with Crippen molar-refractivity contribution < 1.29 is 9.90 Å². The Kier molecular flexibility index (Phi) is 3.55. The van der Waals surface area contributed by atoms with Gasteiger partial charge in [0.15, 0.2) is 0 Å². The van der Waals surface area contributed by atoms with Crippen molar-refractivity contribution in [2.24, 2.45) is 0 Å². The Morgan fingerprint density at radius 3 is 3.10 bits per heavy atom. The van der Waals surface area contributed by atoms with Crippen LogP contribution in [0.1, 0.15) is 20.8 Å². The molecule has 2 heterocycles. The Morgan fingerprint density at radius 2 is 2.25 bits per heavy atom. The van der Waals surface area contributed by atoms with Crippen molar-refractivity contribution in [3.05, 3.63) is 51.7 Å². The SMILES string of the molecule is O=C(c1csc(C#CCO)c1)N1CCc2ccccc21. The van der Waals surface area contributed by atoms with Crippen molar-refractivity contribution in [3.8, 4) is 11.8 Å². The van der Waals surface area contributed by atoms with Crippen LogP contribution in [-0.4, -0.2) is 24.2 Å². The number of carbonyl (C=O) groups excluding carboxylic acids is 1. The maximum Gasteiger partial charge on any atom is 0.259 e. The zero-order valence-corrected chi connectivity index (χ0v) is 11.6. The van der Waals surface area contributed by atoms with E-state index in [1.807, 2.05) is 28.5 Å². The fourth-order valence-corrected chi connectivity index (χ4v) is 3.09. The number of carbonyl (C=O) groups is 1. The first-order chi connectivity index (χ1) is 9.79. The van der Waals surface area contributed by atoms with Crippen molar-refractivity contribution in [1.82, 2.24) is 0 Å². The average molecular weight is 283 g/mol. The first-order valence-corrected chi connectivity index (χ1v) is 7.25. The highest BCUT2D eigenvalue weighted by atomic mass is 32.1. The highest BCUT2D eigenvalue weighted by Gasteiger charge is 2.25. The maximum atomic E-state index is 12.5. The van der Waals surface area contributed by atoms with E-state index >= 15 is 0 Å². The number of anilines is 1. The normalized spacial score (nSPS) is 12.8. The second-order valence-electron chi connectivity index (χ2n) is 4.50. The zero-order valence-electron chi connectivity index (χ0n) is 10.8. The standard InChI is InChI=1S/C16H13NO2S/c18-9-3-5-14-10-13(11-20-14)16(19)17-8-7-12-4-1-2-6-15(12)17/h1-2,4,6,10-11,18H,7-9H2. The van der Waals surface area contributed by atoms with Crippen molar-refractivity contribution in [1.29, 1.82) is 0 Å². The Balaban J connectivity index is 1.85. The van der Waals surface area contributed by atoms with Gasteiger partial charge in [-0.2, -0.15) is 0 Å². The van der Waals surface area contributed by atoms with Crippen molar-refractivity contribution in [2.45, 2.75) is 6.42 Å². The Labute approximate surface area is 121 Å². The summed E-state index contributed by atoms with van der Waals surface area (Å²) >= 11 is 1.43. The molecule has 1 N–H and O–H groups in total. The fourth-order valence-electron chi connectivity index (χ4n) is 2.35. The molecule has 0 saturated heterocycles. The number of para-hydroxylation sites is 1. The van der Waals surface area contributed by atoms with Gasteiger partial charge in [-0.3, -0.25) is 4.79 Å². The highest BCUT2D eigenvalue weighted by molar-refractivity contribution is 7.10. The minimum absolute atomic E-state index is 0.0169. The highest BCUT2D eigenvalue weighted by Crippen LogP contribution is 2.29. The first kappa shape index (κ1) is 12.9. The minimum Gasteiger partial charge on any atom is -0.384 e. The van der Waals surface area contributed by atoms with Crippen LogP contribution in [0.15, 0.2) is 35.7 Å². The lowest BCUT2D eigenvalue weighted by Gasteiger charge is -2.16. The third-order valence-electron chi connectivity index (χ3n) is 3.27. The largest absolute Gasteiger partial charge is 0.384 e. The van der Waals surface area contributed by atoms with Crippen LogP contribution in [0.2, 0.25) is 0 Å². The lowest BCUT2D eigenvalue weighted by Crippen LogP contribution is -2.28. The van der Waals surface area contributed by atoms with E-state index in [1.165, 1.54) is 16.9 Å². The van der Waals surface area contributed by atoms with E-state index in [0.29, 0.717) is 5.56 Å². The Hall–Kier alpha value is -2.09. The molecule has 3 nitrogen and oxygen atoms in total. The van der Waals surface area contributed by atoms with Gasteiger partial charge in [0, 0.05) is 17.6 Å². The predicted octanol–water partition coefficient (Wildman–Crippen LogP) is 2.29. The van der Waals surface area contributed by atoms with E-state index in [0.717, 1.165) is 23.5 Å². The summed E-state index contributed by atoms with van der Waals surface area (Å²) in [5.74, 6) is 5.44. The fraction of sp³-hybridized carbons (Fsp3) is 0.188. The summed E-state index contributed by atoms with van der Waals surface area (Å²) in [6.07, 6.45) is 0.906. The minimum atomic E-state index is -0.166. The molecule has 0 saturated carbocycles. The summed E-state index contributed by atoms with van der Waals surface area (Å²) in [5.41, 5.74) is 2.89. The third-order valence-corrected chi connectivity index (χ3v) is 4.11. The maximum absolute atomic E-state index is 12.5. The van der Waals surface area contributed by atoms with Crippen molar-refractivity contribution in [3.63, 3.8) is 0 Å². The van der Waals surface area contributed by atoms with Gasteiger partial charge in [-0.25, -0.2) is 0 Å². The Bertz CT molecular complexity index is 709. The van der Waals surface area contributed by atoms with E-state index in [1.54, 1.807) is 6.07 Å². The number of aliphatic hydroxyl groups is 1. The van der Waals surface area contributed by atoms with Crippen LogP contribution in [0.4, 0.5) is 5.69 Å². The molecule has 1 aromatic heterocycles. The monoisotopic (exact) mass is 283 g/mol. The summed E-state index contributed by atoms with van der Waals surface area (Å²) in [4.78, 5) is 15.2. The molecule has 20 heavy (non-hydrogen) atoms. The average Bonchev–Trinajstić information content (AvgIpc) is 3.11. The van der Waals surface area contributed by atoms with Crippen LogP contribution in [0.3, 0.4) is 0 Å². The number of amides is 1. The van der Waals surface area contributed by atoms with Crippen LogP contribution in [0, 0.1) is 11.8 Å². The lowest BCUT2D eigenvalue weighted by molar-refractivity contribution is 0.0990. The molecule has 0 spiro atoms. The smallest absolute Gasteiger partial charge is 0.259 e. The summed E-state index contributed by atoms with van der Waals surface area (Å²) < 4.78 is 0. The first-order valence-electron chi connectivity index (χ1n) is 6.37. The molecule has 100 valence electrons. The molecule has 2 aromatic rings. The van der Waals surface area contributed by atoms with Crippen LogP contribution in [-0.2, 0) is 6.42 Å². The number of hydrogen-bond acceptors (Lipinski definition) is 3. The van der Waals surface area contributed by atoms with E-state index in [2.05, 4.69) is 17.9 Å². The van der Waals surface area contributed by atoms with E-state index in [9.17, 15) is 4.79 Å². The second kappa shape index (κ2) is 5.49. The van der Waals surface area contributed by atoms with Crippen LogP contribution < -0.4 is 4.90 Å². The molecular weight excluding hydrogens is 270 g/mol. The molecule has 0 fully saturated rings. The molecule has 0 bridgehead atoms. The summed E-state index contributed by atoms with van der Waals surface area (Å²) in [6.45, 7) is 0.562. The van der Waals surface area contributed by atoms with Gasteiger partial charge in [0.05, 0.1) is 10.4 Å². The number of aliphatic hydroxyl groups excluding tert-OH is 1. The van der Waals surface area contributed by atoms with Gasteiger partial charge in [-0.1, -0.05) is 30.0 Å². The molecule has 1 aromatic carbocycles. The molecule has 1 aliphatic heterocycles. The Morgan fingerprint density at radius 1 is 1.40 bits per heavy atom. The van der Waals surface area contributed by atoms with Gasteiger partial charge >= 0.3 is 0 Å². The van der Waals surface area contributed by atoms with Crippen LogP contribution in [0.25, 0.3) is 0 Å². The summed E-state index contributed by atoms with van der Waals surface area (Å²) in [7, 11) is 0. The molecule has 0 unspecified atom stereocenters. The molecule has 0 radical (unpaired) electrons. The predicted molar refractivity (Wildman–Crippen MR) is 80.1 cm³/mol. The van der Waals surface area contributed by atoms with Crippen LogP contribution >= 0.6 is 11.3 Å². The second-order valence-corrected chi connectivity index (χ2v) is 5.41. The number of benzene rings is 1. The van der Waals surface area contributed by atoms with Crippen molar-refractivity contribution >= 4 is 22.9 Å². The zero-order chi connectivity index (χ0) is 13.9. The lowest BCUT2D eigenvalue weighted by atomic mass is 10.2. The van der Waals surface area contributed by atoms with Gasteiger partial charge in [0.25, 0.3) is 5.91 Å². The molecular formula is C16H13NO2S. The van der Waals surface area contributed by atoms with Gasteiger partial charge in [-0.05, 0) is 24.1 Å². The van der Waals surface area contributed by atoms with E-state index in [-0.39, 0.29) is 12.5 Å². The van der Waals surface area contributed by atoms with Gasteiger partial charge in [0.1, 0.15) is 6.61 Å². The molecule has 0 aliphatic carbocycles. The summed E-state index contributed by atoms with van der Waals surface area (Å²) in [6, 6.07) is 9.79. The number of thiophene rings is 1. The van der Waals surface area contributed by atoms with E-state index < -0.39 is 0 Å². The molecule has 3 rings (SSSR count). The molecule has 1 amide bonds. The molecule has 4 heteroatoms. The molecule has 0 atom stereocenters. The third kappa shape index (κ3) is 2.34. The van der Waals surface area contributed by atoms with Crippen molar-refractivity contribution in [2.75, 3.05) is 18.1 Å². The number of rotatable bonds is 1. The number of fused-ring (bicyclic) bond motifs is 1. The quantitative estimate of drug-likeness (QED) is 0.816. The topological polar surface area (TPSA) is 40.5 Å². The van der Waals surface area contributed by atoms with Crippen LogP contribution in [0.5, 0.6) is 0 Å². The van der Waals surface area contributed by atoms with Gasteiger partial charge in [0.2, 0.25) is 0 Å². The molecule has 1 aliphatic rings. The summed E-state index contributed by atoms with van der Waals surface area (Å²) in [5, 5.41) is 10.5.